The minimum atomic E-state index is -0.618. The second kappa shape index (κ2) is 6.68. The van der Waals surface area contributed by atoms with Crippen LogP contribution in [0.1, 0.15) is 57.8 Å². The zero-order valence-corrected chi connectivity index (χ0v) is 8.84. The van der Waals surface area contributed by atoms with Gasteiger partial charge in [0.25, 0.3) is 0 Å². The summed E-state index contributed by atoms with van der Waals surface area (Å²) in [6, 6.07) is 0. The van der Waals surface area contributed by atoms with Gasteiger partial charge in [-0.1, -0.05) is 32.1 Å². The third-order valence-corrected chi connectivity index (χ3v) is 2.84. The largest absolute Gasteiger partial charge is 0.446 e. The highest BCUT2D eigenvalue weighted by molar-refractivity contribution is 5.64. The summed E-state index contributed by atoms with van der Waals surface area (Å²) in [4.78, 5) is 10.6. The van der Waals surface area contributed by atoms with Crippen LogP contribution in [0.3, 0.4) is 0 Å². The molecule has 0 spiro atoms. The van der Waals surface area contributed by atoms with Crippen molar-refractivity contribution in [3.8, 4) is 0 Å². The average molecular weight is 199 g/mol. The molecule has 1 aliphatic carbocycles. The van der Waals surface area contributed by atoms with Gasteiger partial charge >= 0.3 is 6.09 Å². The maximum atomic E-state index is 10.6. The van der Waals surface area contributed by atoms with Crippen LogP contribution in [-0.4, -0.2) is 12.2 Å². The Kier molecular flexibility index (Phi) is 5.42. The van der Waals surface area contributed by atoms with Crippen molar-refractivity contribution in [1.82, 2.24) is 0 Å². The molecule has 3 nitrogen and oxygen atoms in total. The Morgan fingerprint density at radius 3 is 1.79 bits per heavy atom. The minimum Gasteiger partial charge on any atom is -0.446 e. The fourth-order valence-electron chi connectivity index (χ4n) is 2.05. The van der Waals surface area contributed by atoms with E-state index in [2.05, 4.69) is 0 Å². The minimum absolute atomic E-state index is 0.0746. The molecule has 2 N–H and O–H groups in total. The number of primary amides is 1. The van der Waals surface area contributed by atoms with Gasteiger partial charge in [0.2, 0.25) is 0 Å². The molecule has 0 aromatic carbocycles. The molecule has 0 aromatic heterocycles. The molecule has 1 fully saturated rings. The van der Waals surface area contributed by atoms with Gasteiger partial charge < -0.3 is 10.5 Å². The number of carbonyl (C=O) groups excluding carboxylic acids is 1. The molecule has 14 heavy (non-hydrogen) atoms. The fourth-order valence-corrected chi connectivity index (χ4v) is 2.05. The van der Waals surface area contributed by atoms with E-state index in [0.717, 1.165) is 25.7 Å². The average Bonchev–Trinajstić information content (AvgIpc) is 2.15. The van der Waals surface area contributed by atoms with E-state index in [1.807, 2.05) is 0 Å². The first kappa shape index (κ1) is 11.3. The summed E-state index contributed by atoms with van der Waals surface area (Å²) in [7, 11) is 0. The third kappa shape index (κ3) is 5.10. The molecule has 1 amide bonds. The third-order valence-electron chi connectivity index (χ3n) is 2.84. The van der Waals surface area contributed by atoms with Crippen molar-refractivity contribution in [2.45, 2.75) is 63.9 Å². The summed E-state index contributed by atoms with van der Waals surface area (Å²) in [6.45, 7) is 0. The molecule has 1 rings (SSSR count). The van der Waals surface area contributed by atoms with Crippen molar-refractivity contribution >= 4 is 6.09 Å². The van der Waals surface area contributed by atoms with Crippen molar-refractivity contribution in [2.24, 2.45) is 5.73 Å². The van der Waals surface area contributed by atoms with Crippen LogP contribution >= 0.6 is 0 Å². The SMILES string of the molecule is NC(=O)OC1CCCCCCCCC1. The Hall–Kier alpha value is -0.730. The highest BCUT2D eigenvalue weighted by Gasteiger charge is 2.12. The molecule has 0 bridgehead atoms. The van der Waals surface area contributed by atoms with Gasteiger partial charge in [-0.2, -0.15) is 0 Å². The van der Waals surface area contributed by atoms with Crippen LogP contribution in [0.2, 0.25) is 0 Å². The first-order valence-corrected chi connectivity index (χ1v) is 5.75. The Balaban J connectivity index is 2.26. The van der Waals surface area contributed by atoms with Crippen LogP contribution in [0.15, 0.2) is 0 Å². The van der Waals surface area contributed by atoms with Gasteiger partial charge in [-0.3, -0.25) is 0 Å². The lowest BCUT2D eigenvalue weighted by Gasteiger charge is -2.17. The summed E-state index contributed by atoms with van der Waals surface area (Å²) in [5.41, 5.74) is 5.02. The molecule has 0 heterocycles. The van der Waals surface area contributed by atoms with Gasteiger partial charge in [-0.05, 0) is 25.7 Å². The fraction of sp³-hybridized carbons (Fsp3) is 0.909. The molecule has 0 aliphatic heterocycles. The van der Waals surface area contributed by atoms with Crippen LogP contribution in [0.25, 0.3) is 0 Å². The number of ether oxygens (including phenoxy) is 1. The number of amides is 1. The quantitative estimate of drug-likeness (QED) is 0.705. The smallest absolute Gasteiger partial charge is 0.404 e. The molecular formula is C11H21NO2. The number of hydrogen-bond acceptors (Lipinski definition) is 2. The maximum absolute atomic E-state index is 10.6. The normalized spacial score (nSPS) is 21.4. The van der Waals surface area contributed by atoms with Crippen LogP contribution in [0, 0.1) is 0 Å². The predicted molar refractivity (Wildman–Crippen MR) is 56.0 cm³/mol. The van der Waals surface area contributed by atoms with E-state index < -0.39 is 6.09 Å². The second-order valence-electron chi connectivity index (χ2n) is 4.11. The number of carbonyl (C=O) groups is 1. The molecule has 1 aliphatic rings. The zero-order valence-electron chi connectivity index (χ0n) is 8.84. The van der Waals surface area contributed by atoms with Crippen LogP contribution in [-0.2, 0) is 4.74 Å². The Labute approximate surface area is 86.0 Å². The molecule has 0 aromatic rings. The van der Waals surface area contributed by atoms with Crippen molar-refractivity contribution in [3.05, 3.63) is 0 Å². The number of rotatable bonds is 1. The van der Waals surface area contributed by atoms with Gasteiger partial charge in [0.15, 0.2) is 0 Å². The van der Waals surface area contributed by atoms with E-state index in [0.29, 0.717) is 0 Å². The lowest BCUT2D eigenvalue weighted by molar-refractivity contribution is 0.0914. The first-order chi connectivity index (χ1) is 6.79. The van der Waals surface area contributed by atoms with Gasteiger partial charge in [0, 0.05) is 0 Å². The van der Waals surface area contributed by atoms with E-state index in [1.165, 1.54) is 32.1 Å². The topological polar surface area (TPSA) is 52.3 Å². The van der Waals surface area contributed by atoms with Gasteiger partial charge in [-0.25, -0.2) is 4.79 Å². The standard InChI is InChI=1S/C11H21NO2/c12-11(13)14-10-8-6-4-2-1-3-5-7-9-10/h10H,1-9H2,(H2,12,13). The van der Waals surface area contributed by atoms with Crippen LogP contribution in [0.4, 0.5) is 4.79 Å². The molecule has 0 saturated heterocycles. The maximum Gasteiger partial charge on any atom is 0.404 e. The lowest BCUT2D eigenvalue weighted by atomic mass is 9.99. The number of nitrogens with two attached hydrogens (primary N) is 1. The summed E-state index contributed by atoms with van der Waals surface area (Å²) in [5, 5.41) is 0. The molecule has 1 saturated carbocycles. The van der Waals surface area contributed by atoms with Crippen molar-refractivity contribution < 1.29 is 9.53 Å². The van der Waals surface area contributed by atoms with Gasteiger partial charge in [-0.15, -0.1) is 0 Å². The van der Waals surface area contributed by atoms with Crippen molar-refractivity contribution in [2.75, 3.05) is 0 Å². The highest BCUT2D eigenvalue weighted by atomic mass is 16.6. The second-order valence-corrected chi connectivity index (χ2v) is 4.11. The molecule has 3 heteroatoms. The Morgan fingerprint density at radius 1 is 0.929 bits per heavy atom. The Morgan fingerprint density at radius 2 is 1.36 bits per heavy atom. The van der Waals surface area contributed by atoms with Crippen LogP contribution in [0.5, 0.6) is 0 Å². The molecule has 0 atom stereocenters. The summed E-state index contributed by atoms with van der Waals surface area (Å²) in [5.74, 6) is 0. The van der Waals surface area contributed by atoms with E-state index in [9.17, 15) is 4.79 Å². The first-order valence-electron chi connectivity index (χ1n) is 5.75. The molecule has 0 radical (unpaired) electrons. The Bertz CT molecular complexity index is 161. The summed E-state index contributed by atoms with van der Waals surface area (Å²) in [6.07, 6.45) is 10.3. The molecule has 82 valence electrons. The lowest BCUT2D eigenvalue weighted by Crippen LogP contribution is -2.23. The summed E-state index contributed by atoms with van der Waals surface area (Å²) >= 11 is 0. The molecule has 0 unspecified atom stereocenters. The van der Waals surface area contributed by atoms with Gasteiger partial charge in [0.05, 0.1) is 0 Å². The van der Waals surface area contributed by atoms with E-state index >= 15 is 0 Å². The zero-order chi connectivity index (χ0) is 10.2. The molecular weight excluding hydrogens is 178 g/mol. The predicted octanol–water partition coefficient (Wildman–Crippen LogP) is 2.97. The van der Waals surface area contributed by atoms with Crippen molar-refractivity contribution in [3.63, 3.8) is 0 Å². The number of hydrogen-bond donors (Lipinski definition) is 1. The van der Waals surface area contributed by atoms with Gasteiger partial charge in [0.1, 0.15) is 6.10 Å². The monoisotopic (exact) mass is 199 g/mol. The van der Waals surface area contributed by atoms with Crippen molar-refractivity contribution in [1.29, 1.82) is 0 Å². The van der Waals surface area contributed by atoms with Crippen LogP contribution < -0.4 is 5.73 Å². The van der Waals surface area contributed by atoms with E-state index in [1.54, 1.807) is 0 Å². The highest BCUT2D eigenvalue weighted by Crippen LogP contribution is 2.18. The van der Waals surface area contributed by atoms with E-state index in [-0.39, 0.29) is 6.10 Å². The van der Waals surface area contributed by atoms with E-state index in [4.69, 9.17) is 10.5 Å². The summed E-state index contributed by atoms with van der Waals surface area (Å²) < 4.78 is 5.06.